The van der Waals surface area contributed by atoms with Crippen LogP contribution in [-0.4, -0.2) is 23.0 Å². The highest BCUT2D eigenvalue weighted by atomic mass is 15.1. The standard InChI is InChI=1S/C12H19N3/c1-2-10-5-7-15(8-10)9-11-4-3-6-14-12(11)13/h3-4,6,10H,2,5,7-9H2,1H3,(H2,13,14). The van der Waals surface area contributed by atoms with Crippen LogP contribution in [0.25, 0.3) is 0 Å². The average molecular weight is 205 g/mol. The van der Waals surface area contributed by atoms with Crippen LogP contribution in [0.3, 0.4) is 0 Å². The van der Waals surface area contributed by atoms with Gasteiger partial charge in [-0.25, -0.2) is 4.98 Å². The number of nitrogens with two attached hydrogens (primary N) is 1. The van der Waals surface area contributed by atoms with Gasteiger partial charge in [0.15, 0.2) is 0 Å². The van der Waals surface area contributed by atoms with Crippen molar-refractivity contribution < 1.29 is 0 Å². The van der Waals surface area contributed by atoms with E-state index < -0.39 is 0 Å². The summed E-state index contributed by atoms with van der Waals surface area (Å²) in [5.41, 5.74) is 6.99. The van der Waals surface area contributed by atoms with Crippen LogP contribution in [0.4, 0.5) is 5.82 Å². The van der Waals surface area contributed by atoms with Crippen molar-refractivity contribution in [1.29, 1.82) is 0 Å². The van der Waals surface area contributed by atoms with Crippen molar-refractivity contribution in [2.24, 2.45) is 5.92 Å². The molecule has 2 rings (SSSR count). The Morgan fingerprint density at radius 2 is 2.47 bits per heavy atom. The number of rotatable bonds is 3. The molecule has 1 unspecified atom stereocenters. The summed E-state index contributed by atoms with van der Waals surface area (Å²) in [7, 11) is 0. The van der Waals surface area contributed by atoms with Crippen molar-refractivity contribution in [3.63, 3.8) is 0 Å². The number of nitrogen functional groups attached to an aromatic ring is 1. The molecule has 2 N–H and O–H groups in total. The highest BCUT2D eigenvalue weighted by molar-refractivity contribution is 5.38. The first kappa shape index (κ1) is 10.4. The first-order valence-corrected chi connectivity index (χ1v) is 5.71. The number of hydrogen-bond donors (Lipinski definition) is 1. The van der Waals surface area contributed by atoms with Gasteiger partial charge < -0.3 is 5.73 Å². The quantitative estimate of drug-likeness (QED) is 0.819. The molecule has 1 aliphatic rings. The van der Waals surface area contributed by atoms with E-state index in [1.54, 1.807) is 6.20 Å². The minimum atomic E-state index is 0.678. The van der Waals surface area contributed by atoms with Gasteiger partial charge in [-0.05, 0) is 24.9 Å². The Balaban J connectivity index is 1.96. The van der Waals surface area contributed by atoms with E-state index in [0.29, 0.717) is 5.82 Å². The van der Waals surface area contributed by atoms with Crippen LogP contribution in [0.1, 0.15) is 25.3 Å². The average Bonchev–Trinajstić information content (AvgIpc) is 2.69. The van der Waals surface area contributed by atoms with Gasteiger partial charge in [-0.1, -0.05) is 19.4 Å². The van der Waals surface area contributed by atoms with Gasteiger partial charge in [0.1, 0.15) is 5.82 Å². The zero-order valence-electron chi connectivity index (χ0n) is 9.32. The molecule has 0 bridgehead atoms. The topological polar surface area (TPSA) is 42.2 Å². The molecular formula is C12H19N3. The van der Waals surface area contributed by atoms with Gasteiger partial charge in [0.2, 0.25) is 0 Å². The van der Waals surface area contributed by atoms with Gasteiger partial charge in [0.25, 0.3) is 0 Å². The van der Waals surface area contributed by atoms with E-state index in [9.17, 15) is 0 Å². The molecule has 0 radical (unpaired) electrons. The van der Waals surface area contributed by atoms with E-state index in [0.717, 1.165) is 18.0 Å². The Morgan fingerprint density at radius 3 is 3.13 bits per heavy atom. The molecule has 3 nitrogen and oxygen atoms in total. The molecule has 1 atom stereocenters. The lowest BCUT2D eigenvalue weighted by Gasteiger charge is -2.16. The molecular weight excluding hydrogens is 186 g/mol. The van der Waals surface area contributed by atoms with Crippen LogP contribution in [0.15, 0.2) is 18.3 Å². The second-order valence-electron chi connectivity index (χ2n) is 4.35. The molecule has 15 heavy (non-hydrogen) atoms. The molecule has 1 saturated heterocycles. The highest BCUT2D eigenvalue weighted by Gasteiger charge is 2.21. The van der Waals surface area contributed by atoms with Gasteiger partial charge in [0, 0.05) is 24.8 Å². The second kappa shape index (κ2) is 4.62. The van der Waals surface area contributed by atoms with Crippen molar-refractivity contribution in [2.45, 2.75) is 26.3 Å². The van der Waals surface area contributed by atoms with Gasteiger partial charge in [0.05, 0.1) is 0 Å². The summed E-state index contributed by atoms with van der Waals surface area (Å²) in [5.74, 6) is 1.56. The van der Waals surface area contributed by atoms with E-state index in [1.165, 1.54) is 25.9 Å². The number of hydrogen-bond acceptors (Lipinski definition) is 3. The van der Waals surface area contributed by atoms with Crippen LogP contribution >= 0.6 is 0 Å². The van der Waals surface area contributed by atoms with Crippen molar-refractivity contribution in [3.8, 4) is 0 Å². The highest BCUT2D eigenvalue weighted by Crippen LogP contribution is 2.21. The van der Waals surface area contributed by atoms with Crippen molar-refractivity contribution >= 4 is 5.82 Å². The fourth-order valence-corrected chi connectivity index (χ4v) is 2.22. The largest absolute Gasteiger partial charge is 0.383 e. The lowest BCUT2D eigenvalue weighted by molar-refractivity contribution is 0.315. The first-order valence-electron chi connectivity index (χ1n) is 5.71. The van der Waals surface area contributed by atoms with Crippen LogP contribution < -0.4 is 5.73 Å². The van der Waals surface area contributed by atoms with Crippen LogP contribution in [0, 0.1) is 5.92 Å². The molecule has 1 fully saturated rings. The number of anilines is 1. The third kappa shape index (κ3) is 2.48. The molecule has 1 aromatic heterocycles. The molecule has 0 aromatic carbocycles. The Bertz CT molecular complexity index is 324. The molecule has 1 aliphatic heterocycles. The molecule has 0 amide bonds. The number of nitrogens with zero attached hydrogens (tertiary/aromatic N) is 2. The fraction of sp³-hybridized carbons (Fsp3) is 0.583. The van der Waals surface area contributed by atoms with Gasteiger partial charge >= 0.3 is 0 Å². The van der Waals surface area contributed by atoms with Crippen molar-refractivity contribution in [2.75, 3.05) is 18.8 Å². The van der Waals surface area contributed by atoms with Gasteiger partial charge in [-0.3, -0.25) is 4.90 Å². The molecule has 0 aliphatic carbocycles. The molecule has 82 valence electrons. The number of likely N-dealkylation sites (tertiary alicyclic amines) is 1. The summed E-state index contributed by atoms with van der Waals surface area (Å²) < 4.78 is 0. The van der Waals surface area contributed by atoms with Gasteiger partial charge in [-0.15, -0.1) is 0 Å². The van der Waals surface area contributed by atoms with Crippen molar-refractivity contribution in [1.82, 2.24) is 9.88 Å². The molecule has 1 aromatic rings. The zero-order chi connectivity index (χ0) is 10.7. The summed E-state index contributed by atoms with van der Waals surface area (Å²) >= 11 is 0. The van der Waals surface area contributed by atoms with E-state index >= 15 is 0 Å². The summed E-state index contributed by atoms with van der Waals surface area (Å²) in [6, 6.07) is 4.03. The predicted molar refractivity (Wildman–Crippen MR) is 62.3 cm³/mol. The van der Waals surface area contributed by atoms with E-state index in [2.05, 4.69) is 22.9 Å². The lowest BCUT2D eigenvalue weighted by atomic mass is 10.1. The van der Waals surface area contributed by atoms with E-state index in [4.69, 9.17) is 5.73 Å². The summed E-state index contributed by atoms with van der Waals surface area (Å²) in [6.07, 6.45) is 4.37. The van der Waals surface area contributed by atoms with E-state index in [1.807, 2.05) is 6.07 Å². The van der Waals surface area contributed by atoms with Crippen LogP contribution in [0.2, 0.25) is 0 Å². The van der Waals surface area contributed by atoms with Crippen molar-refractivity contribution in [3.05, 3.63) is 23.9 Å². The smallest absolute Gasteiger partial charge is 0.127 e. The monoisotopic (exact) mass is 205 g/mol. The Morgan fingerprint density at radius 1 is 1.60 bits per heavy atom. The lowest BCUT2D eigenvalue weighted by Crippen LogP contribution is -2.20. The molecule has 3 heteroatoms. The minimum absolute atomic E-state index is 0.678. The minimum Gasteiger partial charge on any atom is -0.383 e. The van der Waals surface area contributed by atoms with E-state index in [-0.39, 0.29) is 0 Å². The maximum absolute atomic E-state index is 5.83. The SMILES string of the molecule is CCC1CCN(Cc2cccnc2N)C1. The predicted octanol–water partition coefficient (Wildman–Crippen LogP) is 1.90. The van der Waals surface area contributed by atoms with Crippen LogP contribution in [0.5, 0.6) is 0 Å². The summed E-state index contributed by atoms with van der Waals surface area (Å²) in [6.45, 7) is 5.64. The summed E-state index contributed by atoms with van der Waals surface area (Å²) in [5, 5.41) is 0. The maximum Gasteiger partial charge on any atom is 0.127 e. The summed E-state index contributed by atoms with van der Waals surface area (Å²) in [4.78, 5) is 6.59. The van der Waals surface area contributed by atoms with Gasteiger partial charge in [-0.2, -0.15) is 0 Å². The Kier molecular flexibility index (Phi) is 3.21. The zero-order valence-corrected chi connectivity index (χ0v) is 9.32. The number of pyridine rings is 1. The third-order valence-corrected chi connectivity index (χ3v) is 3.27. The maximum atomic E-state index is 5.83. The molecule has 0 spiro atoms. The second-order valence-corrected chi connectivity index (χ2v) is 4.35. The molecule has 0 saturated carbocycles. The Labute approximate surface area is 91.3 Å². The number of aromatic nitrogens is 1. The normalized spacial score (nSPS) is 22.1. The molecule has 2 heterocycles. The van der Waals surface area contributed by atoms with Crippen LogP contribution in [-0.2, 0) is 6.54 Å². The first-order chi connectivity index (χ1) is 7.29. The third-order valence-electron chi connectivity index (χ3n) is 3.27. The fourth-order valence-electron chi connectivity index (χ4n) is 2.22. The Hall–Kier alpha value is -1.09.